The van der Waals surface area contributed by atoms with E-state index in [1.807, 2.05) is 49.1 Å². The molecule has 2 aromatic carbocycles. The van der Waals surface area contributed by atoms with Crippen molar-refractivity contribution in [3.8, 4) is 0 Å². The summed E-state index contributed by atoms with van der Waals surface area (Å²) in [7, 11) is 0. The molecule has 1 unspecified atom stereocenters. The molecule has 2 amide bonds. The molecule has 1 atom stereocenters. The third-order valence-electron chi connectivity index (χ3n) is 5.06. The molecule has 3 rings (SSSR count). The smallest absolute Gasteiger partial charge is 0.319 e. The number of carbonyl (C=O) groups is 1. The van der Waals surface area contributed by atoms with E-state index in [2.05, 4.69) is 10.6 Å². The molecule has 2 aromatic rings. The molecule has 1 saturated heterocycles. The van der Waals surface area contributed by atoms with Crippen LogP contribution in [-0.2, 0) is 10.3 Å². The van der Waals surface area contributed by atoms with Gasteiger partial charge in [0.05, 0.1) is 24.4 Å². The van der Waals surface area contributed by atoms with Crippen LogP contribution in [0.4, 0.5) is 20.6 Å². The number of anilines is 2. The molecule has 1 aliphatic rings. The first-order valence-corrected chi connectivity index (χ1v) is 9.29. The zero-order valence-electron chi connectivity index (χ0n) is 15.8. The Bertz CT molecular complexity index is 778. The highest BCUT2D eigenvalue weighted by Crippen LogP contribution is 2.26. The summed E-state index contributed by atoms with van der Waals surface area (Å²) in [5.74, 6) is -0.351. The van der Waals surface area contributed by atoms with Crippen LogP contribution < -0.4 is 15.5 Å². The van der Waals surface area contributed by atoms with Gasteiger partial charge in [-0.3, -0.25) is 0 Å². The summed E-state index contributed by atoms with van der Waals surface area (Å²) < 4.78 is 19.8. The number of amides is 2. The monoisotopic (exact) mass is 371 g/mol. The molecule has 5 nitrogen and oxygen atoms in total. The second kappa shape index (κ2) is 8.39. The van der Waals surface area contributed by atoms with Gasteiger partial charge in [0.15, 0.2) is 0 Å². The number of benzene rings is 2. The van der Waals surface area contributed by atoms with Crippen LogP contribution in [0, 0.1) is 5.82 Å². The van der Waals surface area contributed by atoms with E-state index in [9.17, 15) is 9.18 Å². The molecule has 0 bridgehead atoms. The van der Waals surface area contributed by atoms with Crippen LogP contribution in [0.2, 0.25) is 0 Å². The van der Waals surface area contributed by atoms with Gasteiger partial charge in [-0.2, -0.15) is 0 Å². The fourth-order valence-corrected chi connectivity index (χ4v) is 3.23. The molecule has 1 heterocycles. The molecule has 144 valence electrons. The molecule has 0 aliphatic carbocycles. The number of nitrogens with zero attached hydrogens (tertiary/aromatic N) is 1. The van der Waals surface area contributed by atoms with Gasteiger partial charge in [0.25, 0.3) is 0 Å². The van der Waals surface area contributed by atoms with Gasteiger partial charge in [-0.1, -0.05) is 37.3 Å². The average Bonchev–Trinajstić information content (AvgIpc) is 2.69. The lowest BCUT2D eigenvalue weighted by Gasteiger charge is -2.30. The third kappa shape index (κ3) is 4.57. The van der Waals surface area contributed by atoms with Crippen LogP contribution in [-0.4, -0.2) is 32.3 Å². The summed E-state index contributed by atoms with van der Waals surface area (Å²) in [5.41, 5.74) is 1.48. The van der Waals surface area contributed by atoms with Crippen molar-refractivity contribution in [3.05, 3.63) is 59.9 Å². The van der Waals surface area contributed by atoms with Crippen LogP contribution in [0.1, 0.15) is 25.8 Å². The van der Waals surface area contributed by atoms with Gasteiger partial charge in [-0.15, -0.1) is 0 Å². The van der Waals surface area contributed by atoms with Gasteiger partial charge in [0.1, 0.15) is 5.82 Å². The summed E-state index contributed by atoms with van der Waals surface area (Å²) >= 11 is 0. The van der Waals surface area contributed by atoms with Crippen LogP contribution in [0.15, 0.2) is 48.5 Å². The first-order chi connectivity index (χ1) is 13.0. The van der Waals surface area contributed by atoms with Gasteiger partial charge in [-0.05, 0) is 37.1 Å². The minimum atomic E-state index is -0.502. The molecule has 0 radical (unpaired) electrons. The maximum absolute atomic E-state index is 14.5. The van der Waals surface area contributed by atoms with Crippen molar-refractivity contribution >= 4 is 17.4 Å². The van der Waals surface area contributed by atoms with Crippen LogP contribution >= 0.6 is 0 Å². The van der Waals surface area contributed by atoms with E-state index in [1.54, 1.807) is 12.1 Å². The molecule has 2 N–H and O–H groups in total. The van der Waals surface area contributed by atoms with E-state index in [1.165, 1.54) is 6.07 Å². The third-order valence-corrected chi connectivity index (χ3v) is 5.06. The maximum atomic E-state index is 14.5. The highest BCUT2D eigenvalue weighted by molar-refractivity contribution is 5.90. The van der Waals surface area contributed by atoms with Gasteiger partial charge < -0.3 is 20.3 Å². The zero-order valence-corrected chi connectivity index (χ0v) is 15.8. The van der Waals surface area contributed by atoms with Crippen LogP contribution in [0.5, 0.6) is 0 Å². The summed E-state index contributed by atoms with van der Waals surface area (Å²) in [6.07, 6.45) is 0.731. The molecule has 0 saturated carbocycles. The van der Waals surface area contributed by atoms with E-state index in [0.717, 1.165) is 12.0 Å². The number of halogens is 1. The standard InChI is InChI=1S/C21H26FN3O2/c1-3-21(2,16-7-5-4-6-8-16)24-20(26)23-17-9-10-19(18(22)15-17)25-11-13-27-14-12-25/h4-10,15H,3,11-14H2,1-2H3,(H2,23,24,26). The lowest BCUT2D eigenvalue weighted by atomic mass is 9.89. The SMILES string of the molecule is CCC(C)(NC(=O)Nc1ccc(N2CCOCC2)c(F)c1)c1ccccc1. The Morgan fingerprint density at radius 2 is 1.89 bits per heavy atom. The fourth-order valence-electron chi connectivity index (χ4n) is 3.23. The van der Waals surface area contributed by atoms with Crippen molar-refractivity contribution in [2.24, 2.45) is 0 Å². The molecular formula is C21H26FN3O2. The number of hydrogen-bond acceptors (Lipinski definition) is 3. The highest BCUT2D eigenvalue weighted by atomic mass is 19.1. The van der Waals surface area contributed by atoms with E-state index >= 15 is 0 Å². The number of hydrogen-bond donors (Lipinski definition) is 2. The summed E-state index contributed by atoms with van der Waals surface area (Å²) in [6, 6.07) is 14.2. The molecule has 27 heavy (non-hydrogen) atoms. The quantitative estimate of drug-likeness (QED) is 0.832. The second-order valence-corrected chi connectivity index (χ2v) is 6.90. The minimum Gasteiger partial charge on any atom is -0.378 e. The molecule has 6 heteroatoms. The van der Waals surface area contributed by atoms with Crippen molar-refractivity contribution in [1.82, 2.24) is 5.32 Å². The average molecular weight is 371 g/mol. The second-order valence-electron chi connectivity index (χ2n) is 6.90. The predicted molar refractivity (Wildman–Crippen MR) is 106 cm³/mol. The summed E-state index contributed by atoms with van der Waals surface area (Å²) in [5, 5.41) is 5.75. The number of morpholine rings is 1. The van der Waals surface area contributed by atoms with Gasteiger partial charge >= 0.3 is 6.03 Å². The largest absolute Gasteiger partial charge is 0.378 e. The lowest BCUT2D eigenvalue weighted by Crippen LogP contribution is -2.45. The van der Waals surface area contributed by atoms with Crippen molar-refractivity contribution in [2.45, 2.75) is 25.8 Å². The molecule has 1 aliphatic heterocycles. The normalized spacial score (nSPS) is 16.5. The lowest BCUT2D eigenvalue weighted by molar-refractivity contribution is 0.122. The number of rotatable bonds is 5. The van der Waals surface area contributed by atoms with E-state index in [0.29, 0.717) is 37.7 Å². The van der Waals surface area contributed by atoms with Crippen molar-refractivity contribution in [3.63, 3.8) is 0 Å². The van der Waals surface area contributed by atoms with Crippen molar-refractivity contribution in [2.75, 3.05) is 36.5 Å². The first kappa shape index (κ1) is 19.2. The Labute approximate surface area is 159 Å². The molecular weight excluding hydrogens is 345 g/mol. The summed E-state index contributed by atoms with van der Waals surface area (Å²) in [6.45, 7) is 6.51. The molecule has 1 fully saturated rings. The zero-order chi connectivity index (χ0) is 19.3. The van der Waals surface area contributed by atoms with Gasteiger partial charge in [-0.25, -0.2) is 9.18 Å². The molecule has 0 aromatic heterocycles. The molecule has 0 spiro atoms. The van der Waals surface area contributed by atoms with Gasteiger partial charge in [0, 0.05) is 18.8 Å². The highest BCUT2D eigenvalue weighted by Gasteiger charge is 2.26. The Morgan fingerprint density at radius 3 is 2.52 bits per heavy atom. The number of nitrogens with one attached hydrogen (secondary N) is 2. The van der Waals surface area contributed by atoms with E-state index < -0.39 is 5.54 Å². The fraction of sp³-hybridized carbons (Fsp3) is 0.381. The number of ether oxygens (including phenoxy) is 1. The Morgan fingerprint density at radius 1 is 1.19 bits per heavy atom. The first-order valence-electron chi connectivity index (χ1n) is 9.29. The van der Waals surface area contributed by atoms with E-state index in [-0.39, 0.29) is 11.8 Å². The van der Waals surface area contributed by atoms with Crippen LogP contribution in [0.25, 0.3) is 0 Å². The van der Waals surface area contributed by atoms with Crippen molar-refractivity contribution < 1.29 is 13.9 Å². The van der Waals surface area contributed by atoms with Gasteiger partial charge in [0.2, 0.25) is 0 Å². The minimum absolute atomic E-state index is 0.351. The maximum Gasteiger partial charge on any atom is 0.319 e. The van der Waals surface area contributed by atoms with Crippen molar-refractivity contribution in [1.29, 1.82) is 0 Å². The Kier molecular flexibility index (Phi) is 5.96. The topological polar surface area (TPSA) is 53.6 Å². The van der Waals surface area contributed by atoms with E-state index in [4.69, 9.17) is 4.74 Å². The Balaban J connectivity index is 1.67. The number of carbonyl (C=O) groups excluding carboxylic acids is 1. The summed E-state index contributed by atoms with van der Waals surface area (Å²) in [4.78, 5) is 14.4. The Hall–Kier alpha value is -2.60. The van der Waals surface area contributed by atoms with Crippen LogP contribution in [0.3, 0.4) is 0 Å². The number of urea groups is 1. The predicted octanol–water partition coefficient (Wildman–Crippen LogP) is 4.11.